The van der Waals surface area contributed by atoms with E-state index < -0.39 is 26.3 Å². The van der Waals surface area contributed by atoms with E-state index in [4.69, 9.17) is 16.3 Å². The van der Waals surface area contributed by atoms with Crippen molar-refractivity contribution < 1.29 is 17.5 Å². The summed E-state index contributed by atoms with van der Waals surface area (Å²) < 4.78 is 50.6. The molecule has 0 spiro atoms. The number of anilines is 1. The second-order valence-electron chi connectivity index (χ2n) is 8.01. The Morgan fingerprint density at radius 1 is 1.28 bits per heavy atom. The molecule has 1 fully saturated rings. The van der Waals surface area contributed by atoms with E-state index in [-0.39, 0.29) is 22.5 Å². The Hall–Kier alpha value is -2.72. The van der Waals surface area contributed by atoms with Gasteiger partial charge in [-0.25, -0.2) is 22.8 Å². The van der Waals surface area contributed by atoms with Gasteiger partial charge in [-0.05, 0) is 44.4 Å². The summed E-state index contributed by atoms with van der Waals surface area (Å²) >= 11 is 6.37. The molecule has 1 N–H and O–H groups in total. The summed E-state index contributed by atoms with van der Waals surface area (Å²) in [6.45, 7) is 1.97. The van der Waals surface area contributed by atoms with Gasteiger partial charge in [0.2, 0.25) is 0 Å². The molecule has 11 heteroatoms. The number of hydrogen-bond acceptors (Lipinski definition) is 6. The fourth-order valence-corrected chi connectivity index (χ4v) is 5.56. The van der Waals surface area contributed by atoms with Gasteiger partial charge in [-0.3, -0.25) is 9.40 Å². The molecule has 0 saturated heterocycles. The first-order valence-corrected chi connectivity index (χ1v) is 12.0. The zero-order valence-corrected chi connectivity index (χ0v) is 19.2. The summed E-state index contributed by atoms with van der Waals surface area (Å²) in [7, 11) is -2.37. The van der Waals surface area contributed by atoms with Crippen LogP contribution < -0.4 is 9.46 Å². The van der Waals surface area contributed by atoms with Crippen LogP contribution in [0.5, 0.6) is 5.75 Å². The minimum Gasteiger partial charge on any atom is -0.485 e. The molecule has 0 aliphatic heterocycles. The fourth-order valence-electron chi connectivity index (χ4n) is 4.20. The Balaban J connectivity index is 1.64. The van der Waals surface area contributed by atoms with Crippen molar-refractivity contribution in [3.63, 3.8) is 0 Å². The predicted octanol–water partition coefficient (Wildman–Crippen LogP) is 4.30. The quantitative estimate of drug-likeness (QED) is 0.566. The monoisotopic (exact) mass is 479 g/mol. The lowest BCUT2D eigenvalue weighted by Crippen LogP contribution is -2.42. The lowest BCUT2D eigenvalue weighted by Gasteiger charge is -2.41. The first-order chi connectivity index (χ1) is 15.2. The SMILES string of the molecule is Cn1nccc1[C@H]1CCCC[C@@]1(C)Oc1cc(F)c(S(=O)(=O)Nc2ccncn2)cc1Cl. The summed E-state index contributed by atoms with van der Waals surface area (Å²) in [6, 6.07) is 5.39. The average Bonchev–Trinajstić information content (AvgIpc) is 3.16. The van der Waals surface area contributed by atoms with Crippen LogP contribution in [0.15, 0.2) is 47.9 Å². The maximum Gasteiger partial charge on any atom is 0.266 e. The third kappa shape index (κ3) is 4.42. The van der Waals surface area contributed by atoms with Gasteiger partial charge in [0.1, 0.15) is 34.2 Å². The van der Waals surface area contributed by atoms with Crippen LogP contribution in [0.25, 0.3) is 0 Å². The number of nitrogens with zero attached hydrogens (tertiary/aromatic N) is 4. The fraction of sp³-hybridized carbons (Fsp3) is 0.381. The lowest BCUT2D eigenvalue weighted by atomic mass is 9.74. The molecule has 8 nitrogen and oxygen atoms in total. The van der Waals surface area contributed by atoms with Crippen LogP contribution in [-0.4, -0.2) is 33.8 Å². The van der Waals surface area contributed by atoms with E-state index in [0.29, 0.717) is 0 Å². The molecule has 32 heavy (non-hydrogen) atoms. The highest BCUT2D eigenvalue weighted by Gasteiger charge is 2.41. The van der Waals surface area contributed by atoms with E-state index in [1.54, 1.807) is 6.20 Å². The molecule has 0 unspecified atom stereocenters. The maximum atomic E-state index is 14.9. The highest BCUT2D eigenvalue weighted by Crippen LogP contribution is 2.45. The van der Waals surface area contributed by atoms with Crippen LogP contribution in [0.4, 0.5) is 10.2 Å². The van der Waals surface area contributed by atoms with Gasteiger partial charge in [0.05, 0.1) is 5.02 Å². The molecule has 3 aromatic rings. The first kappa shape index (κ1) is 22.5. The maximum absolute atomic E-state index is 14.9. The standard InChI is InChI=1S/C21H23ClFN5O3S/c1-21(8-4-3-5-14(21)17-6-10-26-28(17)2)31-18-12-16(23)19(11-15(18)22)32(29,30)27-20-7-9-24-13-25-20/h6-7,9-14H,3-5,8H2,1-2H3,(H,24,25,27)/t14-,21-/m1/s1. The highest BCUT2D eigenvalue weighted by molar-refractivity contribution is 7.92. The smallest absolute Gasteiger partial charge is 0.266 e. The van der Waals surface area contributed by atoms with Crippen molar-refractivity contribution in [3.8, 4) is 5.75 Å². The summed E-state index contributed by atoms with van der Waals surface area (Å²) in [5.74, 6) is -0.820. The van der Waals surface area contributed by atoms with Crippen molar-refractivity contribution in [1.82, 2.24) is 19.7 Å². The topological polar surface area (TPSA) is 99.0 Å². The second-order valence-corrected chi connectivity index (χ2v) is 10.1. The summed E-state index contributed by atoms with van der Waals surface area (Å²) in [4.78, 5) is 6.92. The van der Waals surface area contributed by atoms with E-state index in [2.05, 4.69) is 19.8 Å². The van der Waals surface area contributed by atoms with Gasteiger partial charge in [0.25, 0.3) is 10.0 Å². The predicted molar refractivity (Wildman–Crippen MR) is 118 cm³/mol. The summed E-state index contributed by atoms with van der Waals surface area (Å²) in [5, 5.41) is 4.27. The van der Waals surface area contributed by atoms with Gasteiger partial charge in [-0.15, -0.1) is 0 Å². The molecule has 1 saturated carbocycles. The third-order valence-electron chi connectivity index (χ3n) is 5.81. The minimum atomic E-state index is -4.25. The van der Waals surface area contributed by atoms with E-state index in [0.717, 1.165) is 43.5 Å². The average molecular weight is 480 g/mol. The molecule has 2 aromatic heterocycles. The van der Waals surface area contributed by atoms with Crippen molar-refractivity contribution in [2.75, 3.05) is 4.72 Å². The molecule has 2 heterocycles. The van der Waals surface area contributed by atoms with Gasteiger partial charge in [-0.2, -0.15) is 5.10 Å². The van der Waals surface area contributed by atoms with Crippen LogP contribution in [0.2, 0.25) is 5.02 Å². The Labute approximate surface area is 190 Å². The number of nitrogens with one attached hydrogen (secondary N) is 1. The van der Waals surface area contributed by atoms with Gasteiger partial charge in [-0.1, -0.05) is 18.0 Å². The molecule has 1 aliphatic carbocycles. The minimum absolute atomic E-state index is 0.00465. The Morgan fingerprint density at radius 3 is 2.78 bits per heavy atom. The molecule has 1 aliphatic rings. The van der Waals surface area contributed by atoms with Crippen LogP contribution in [0, 0.1) is 5.82 Å². The number of aryl methyl sites for hydroxylation is 1. The van der Waals surface area contributed by atoms with E-state index in [1.807, 2.05) is 24.7 Å². The van der Waals surface area contributed by atoms with E-state index in [9.17, 15) is 12.8 Å². The number of halogens is 2. The number of hydrogen-bond donors (Lipinski definition) is 1. The third-order valence-corrected chi connectivity index (χ3v) is 7.47. The van der Waals surface area contributed by atoms with Crippen molar-refractivity contribution >= 4 is 27.4 Å². The molecule has 4 rings (SSSR count). The molecule has 1 aromatic carbocycles. The summed E-state index contributed by atoms with van der Waals surface area (Å²) in [6.07, 6.45) is 7.93. The van der Waals surface area contributed by atoms with Crippen LogP contribution in [-0.2, 0) is 17.1 Å². The molecule has 0 radical (unpaired) electrons. The Kier molecular flexibility index (Phi) is 6.09. The highest BCUT2D eigenvalue weighted by atomic mass is 35.5. The van der Waals surface area contributed by atoms with E-state index >= 15 is 0 Å². The normalized spacial score (nSPS) is 21.3. The van der Waals surface area contributed by atoms with Crippen LogP contribution >= 0.6 is 11.6 Å². The van der Waals surface area contributed by atoms with Gasteiger partial charge < -0.3 is 4.74 Å². The number of rotatable bonds is 6. The number of aromatic nitrogens is 4. The Morgan fingerprint density at radius 2 is 2.09 bits per heavy atom. The zero-order chi connectivity index (χ0) is 22.9. The van der Waals surface area contributed by atoms with Gasteiger partial charge >= 0.3 is 0 Å². The zero-order valence-electron chi connectivity index (χ0n) is 17.6. The molecule has 170 valence electrons. The number of benzene rings is 1. The van der Waals surface area contributed by atoms with Crippen molar-refractivity contribution in [2.45, 2.75) is 49.0 Å². The van der Waals surface area contributed by atoms with Crippen molar-refractivity contribution in [1.29, 1.82) is 0 Å². The van der Waals surface area contributed by atoms with Gasteiger partial charge in [0, 0.05) is 37.1 Å². The van der Waals surface area contributed by atoms with Crippen molar-refractivity contribution in [3.05, 3.63) is 59.5 Å². The Bertz CT molecular complexity index is 1220. The number of sulfonamides is 1. The van der Waals surface area contributed by atoms with Crippen molar-refractivity contribution in [2.24, 2.45) is 7.05 Å². The van der Waals surface area contributed by atoms with E-state index in [1.165, 1.54) is 18.6 Å². The number of ether oxygens (including phenoxy) is 1. The van der Waals surface area contributed by atoms with Crippen LogP contribution in [0.1, 0.15) is 44.2 Å². The lowest BCUT2D eigenvalue weighted by molar-refractivity contribution is 0.0231. The molecular formula is C21H23ClFN5O3S. The second kappa shape index (κ2) is 8.67. The molecule has 0 bridgehead atoms. The first-order valence-electron chi connectivity index (χ1n) is 10.1. The largest absolute Gasteiger partial charge is 0.485 e. The van der Waals surface area contributed by atoms with Gasteiger partial charge in [0.15, 0.2) is 0 Å². The summed E-state index contributed by atoms with van der Waals surface area (Å²) in [5.41, 5.74) is 0.374. The van der Waals surface area contributed by atoms with Crippen LogP contribution in [0.3, 0.4) is 0 Å². The molecular weight excluding hydrogens is 457 g/mol. The molecule has 2 atom stereocenters. The molecule has 0 amide bonds.